The number of thioether (sulfide) groups is 3. The summed E-state index contributed by atoms with van der Waals surface area (Å²) in [6.45, 7) is 21.9. The molecule has 0 aromatic rings. The predicted molar refractivity (Wildman–Crippen MR) is 551 cm³/mol. The molecule has 23 N–H and O–H groups in total. The van der Waals surface area contributed by atoms with E-state index in [9.17, 15) is 56.4 Å². The summed E-state index contributed by atoms with van der Waals surface area (Å²) < 4.78 is 104. The van der Waals surface area contributed by atoms with Crippen LogP contribution in [0.25, 0.3) is 0 Å². The molecule has 0 aromatic carbocycles. The van der Waals surface area contributed by atoms with Gasteiger partial charge >= 0.3 is 36.1 Å². The van der Waals surface area contributed by atoms with Crippen LogP contribution in [0.4, 0.5) is 24.0 Å². The maximum Gasteiger partial charge on any atom is 0.315 e. The number of urea groups is 5. The van der Waals surface area contributed by atoms with Gasteiger partial charge in [-0.1, -0.05) is 38.5 Å². The van der Waals surface area contributed by atoms with E-state index < -0.39 is 15.1 Å². The third-order valence-electron chi connectivity index (χ3n) is 24.1. The second-order valence-corrected chi connectivity index (χ2v) is 41.9. The molecule has 14 amide bonds. The van der Waals surface area contributed by atoms with Gasteiger partial charge in [0, 0.05) is 144 Å². The number of carbonyl (C=O) groups is 10. The number of aliphatic hydroxyl groups is 1. The van der Waals surface area contributed by atoms with E-state index in [0.29, 0.717) is 311 Å². The Hall–Kier alpha value is -6.06. The highest BCUT2D eigenvalue weighted by atomic mass is 32.2. The van der Waals surface area contributed by atoms with Crippen molar-refractivity contribution in [1.82, 2.24) is 74.4 Å². The van der Waals surface area contributed by atoms with Gasteiger partial charge < -0.3 is 174 Å². The Morgan fingerprint density at radius 3 is 0.965 bits per heavy atom. The second kappa shape index (κ2) is 84.6. The first kappa shape index (κ1) is 128. The van der Waals surface area contributed by atoms with Crippen LogP contribution in [0, 0.1) is 0 Å². The van der Waals surface area contributed by atoms with Crippen molar-refractivity contribution >= 4 is 105 Å². The van der Waals surface area contributed by atoms with E-state index in [0.717, 1.165) is 133 Å². The standard InChI is InChI=1S/C20H38N4O7S.C20H38N4O5S.C20H40N4O5.C18H32N2O7S.C16H30N4O4S/c21-7-3-9-29-11-13-31-14-12-30-10-4-8-22-18(25)6-2-1-5-17-19-16(15-32(17,27)28)23-20(26)24-19;21-7-3-9-27-11-13-29-14-12-28-10-4-8-22-18(25)6-2-1-5-17-19-16(15-30-17)23-20(26)24-19;1-17-18(24-20(26)23-17)7-3-2-4-8-19(25)22-10-6-12-28-14-16-29-15-13-27-11-5-9-21;21-5-6-24-7-8-25-9-10-26-11-12-27-16(22)4-2-1-3-15-17-14(13-28-15)19-18(23)20-17;17-5-7-23-9-10-24-8-6-18-14(21)4-2-1-3-13-15-12(11-25-13)19-16(22)20-15/h16-17,19H,1-15,21H2,(H,22,25)(H2,23,24,26);16-17,19H,1-15,21H2,(H,22,25)(H2,23,24,26);17-18H,2-16,21H2,1H3,(H,22,25)(H2,23,24,26);14-15,17,21H,1-13H2,(H2,19,20,23);12-13,15H,1-11,17H2,(H,18,21)(H2,19,20,22). The van der Waals surface area contributed by atoms with Gasteiger partial charge in [0.1, 0.15) is 6.61 Å². The highest BCUT2D eigenvalue weighted by molar-refractivity contribution is 8.00. The molecule has 50 heteroatoms. The lowest BCUT2D eigenvalue weighted by Gasteiger charge is -2.16. The molecule has 0 bridgehead atoms. The van der Waals surface area contributed by atoms with Crippen LogP contribution in [-0.4, -0.2) is 428 Å². The van der Waals surface area contributed by atoms with E-state index in [1.54, 1.807) is 0 Å². The predicted octanol–water partition coefficient (Wildman–Crippen LogP) is 0.945. The van der Waals surface area contributed by atoms with Crippen LogP contribution in [0.1, 0.15) is 180 Å². The highest BCUT2D eigenvalue weighted by Gasteiger charge is 2.52. The molecule has 0 aromatic heterocycles. The van der Waals surface area contributed by atoms with Crippen molar-refractivity contribution < 1.29 is 133 Å². The highest BCUT2D eigenvalue weighted by Crippen LogP contribution is 2.36. The lowest BCUT2D eigenvalue weighted by molar-refractivity contribution is -0.145. The number of carbonyl (C=O) groups excluding carboxylic acids is 10. The van der Waals surface area contributed by atoms with Crippen LogP contribution in [0.5, 0.6) is 0 Å². The number of fused-ring (bicyclic) bond motifs is 4. The number of unbranched alkanes of at least 4 members (excludes halogenated alkanes) is 6. The van der Waals surface area contributed by atoms with Crippen molar-refractivity contribution in [1.29, 1.82) is 0 Å². The molecular weight excluding hydrogens is 1960 g/mol. The number of nitrogens with two attached hydrogens (primary N) is 4. The van der Waals surface area contributed by atoms with E-state index >= 15 is 0 Å². The normalized spacial score (nSPS) is 22.5. The molecule has 9 saturated heterocycles. The SMILES string of the molecule is CC1NC(=O)NC1CCCCCC(=O)NCCCOCCOCCOCCCN.NCCCOCCOCCOCCCNC(=O)CCCCC1C2NC(=O)NC2CS1(=O)=O.NCCCOCCOCCOCCCNC(=O)CCCCC1SCC2NC(=O)NC21.NCCOCCOCCNC(=O)CCCCC1SCC2NC(=O)NC21.O=C1NC2CSC(CCCCC(=O)OCCOCCOCCOCCO)C2N1. The summed E-state index contributed by atoms with van der Waals surface area (Å²) in [5.74, 6) is 2.90. The molecule has 0 radical (unpaired) electrons. The number of sulfone groups is 1. The van der Waals surface area contributed by atoms with Gasteiger partial charge in [-0.3, -0.25) is 24.0 Å². The lowest BCUT2D eigenvalue weighted by atomic mass is 10.0. The van der Waals surface area contributed by atoms with Gasteiger partial charge in [0.2, 0.25) is 23.6 Å². The third-order valence-corrected chi connectivity index (χ3v) is 30.9. The van der Waals surface area contributed by atoms with Gasteiger partial charge in [0.25, 0.3) is 0 Å². The first-order chi connectivity index (χ1) is 70.2. The van der Waals surface area contributed by atoms with Gasteiger partial charge in [0.15, 0.2) is 9.84 Å². The maximum atomic E-state index is 12.3. The molecule has 144 heavy (non-hydrogen) atoms. The molecule has 0 aliphatic carbocycles. The van der Waals surface area contributed by atoms with E-state index in [4.69, 9.17) is 99.1 Å². The molecule has 14 atom stereocenters. The monoisotopic (exact) mass is 2140 g/mol. The third kappa shape index (κ3) is 61.9. The number of aliphatic hydroxyl groups excluding tert-OH is 1. The van der Waals surface area contributed by atoms with E-state index in [-0.39, 0.29) is 139 Å². The Bertz CT molecular complexity index is 3520. The summed E-state index contributed by atoms with van der Waals surface area (Å²) in [5, 5.41) is 49.8. The fourth-order valence-electron chi connectivity index (χ4n) is 16.5. The van der Waals surface area contributed by atoms with Gasteiger partial charge in [-0.15, -0.1) is 0 Å². The quantitative estimate of drug-likeness (QED) is 0.0229. The molecule has 9 aliphatic heterocycles. The maximum absolute atomic E-state index is 12.3. The minimum Gasteiger partial charge on any atom is -0.463 e. The minimum absolute atomic E-state index is 0.0136. The Labute approximate surface area is 865 Å². The average molecular weight is 2140 g/mol. The molecule has 9 fully saturated rings. The van der Waals surface area contributed by atoms with Crippen LogP contribution >= 0.6 is 35.3 Å². The van der Waals surface area contributed by atoms with E-state index in [2.05, 4.69) is 74.4 Å². The zero-order valence-corrected chi connectivity index (χ0v) is 88.6. The van der Waals surface area contributed by atoms with Crippen molar-refractivity contribution in [2.75, 3.05) is 274 Å². The molecule has 14 unspecified atom stereocenters. The van der Waals surface area contributed by atoms with Gasteiger partial charge in [-0.25, -0.2) is 32.4 Å². The lowest BCUT2D eigenvalue weighted by Crippen LogP contribution is -2.39. The summed E-state index contributed by atoms with van der Waals surface area (Å²) >= 11 is 5.71. The van der Waals surface area contributed by atoms with Crippen molar-refractivity contribution in [3.05, 3.63) is 0 Å². The van der Waals surface area contributed by atoms with Gasteiger partial charge in [-0.2, -0.15) is 35.3 Å². The minimum atomic E-state index is -3.22. The molecule has 0 saturated carbocycles. The summed E-state index contributed by atoms with van der Waals surface area (Å²) in [5.41, 5.74) is 21.4. The fraction of sp³-hybridized carbons (Fsp3) is 0.894. The van der Waals surface area contributed by atoms with Gasteiger partial charge in [0.05, 0.1) is 217 Å². The van der Waals surface area contributed by atoms with Crippen LogP contribution < -0.4 is 97.4 Å². The number of esters is 1. The molecule has 836 valence electrons. The van der Waals surface area contributed by atoms with Gasteiger partial charge in [-0.05, 0) is 129 Å². The smallest absolute Gasteiger partial charge is 0.315 e. The van der Waals surface area contributed by atoms with Crippen molar-refractivity contribution in [2.24, 2.45) is 22.9 Å². The van der Waals surface area contributed by atoms with Crippen LogP contribution in [0.15, 0.2) is 0 Å². The van der Waals surface area contributed by atoms with Crippen LogP contribution in [-0.2, 0) is 105 Å². The topological polar surface area (TPSA) is 636 Å². The van der Waals surface area contributed by atoms with Crippen LogP contribution in [0.3, 0.4) is 0 Å². The average Bonchev–Trinajstić information content (AvgIpc) is 1.61. The number of hydrogen-bond acceptors (Lipinski definition) is 35. The first-order valence-corrected chi connectivity index (χ1v) is 57.2. The number of ether oxygens (including phenoxy) is 15. The Morgan fingerprint density at radius 1 is 0.306 bits per heavy atom. The Balaban J connectivity index is 0.000000318. The molecule has 9 heterocycles. The Morgan fingerprint density at radius 2 is 0.604 bits per heavy atom. The molecule has 9 rings (SSSR count). The van der Waals surface area contributed by atoms with E-state index in [1.807, 2.05) is 42.2 Å². The number of hydrogen-bond donors (Lipinski definition) is 19. The number of amides is 14. The van der Waals surface area contributed by atoms with Crippen molar-refractivity contribution in [2.45, 2.75) is 262 Å². The Kier molecular flexibility index (Phi) is 75.4. The molecule has 0 spiro atoms. The van der Waals surface area contributed by atoms with Crippen LogP contribution in [0.2, 0.25) is 0 Å². The van der Waals surface area contributed by atoms with E-state index in [1.165, 1.54) is 0 Å². The molecule has 9 aliphatic rings. The summed E-state index contributed by atoms with van der Waals surface area (Å²) in [4.78, 5) is 116. The van der Waals surface area contributed by atoms with Crippen molar-refractivity contribution in [3.8, 4) is 0 Å². The summed E-state index contributed by atoms with van der Waals surface area (Å²) in [6, 6.07) is 0.642. The molecular formula is C94H178N18O28S4. The fourth-order valence-corrected chi connectivity index (χ4v) is 23.4. The zero-order chi connectivity index (χ0) is 104. The largest absolute Gasteiger partial charge is 0.463 e. The molecule has 46 nitrogen and oxygen atoms in total. The number of rotatable bonds is 84. The second-order valence-electron chi connectivity index (χ2n) is 35.8. The van der Waals surface area contributed by atoms with Crippen molar-refractivity contribution in [3.63, 3.8) is 0 Å². The number of nitrogens with one attached hydrogen (secondary N) is 14. The first-order valence-electron chi connectivity index (χ1n) is 52.3. The summed E-state index contributed by atoms with van der Waals surface area (Å²) in [6.07, 6.45) is 21.4. The summed E-state index contributed by atoms with van der Waals surface area (Å²) in [7, 11) is -3.22. The zero-order valence-electron chi connectivity index (χ0n) is 85.3.